The maximum Gasteiger partial charge on any atom is 0.265 e. The van der Waals surface area contributed by atoms with Crippen LogP contribution in [0.3, 0.4) is 0 Å². The van der Waals surface area contributed by atoms with Gasteiger partial charge in [0, 0.05) is 25.6 Å². The number of ether oxygens (including phenoxy) is 1. The van der Waals surface area contributed by atoms with Crippen LogP contribution in [0.15, 0.2) is 30.6 Å². The normalized spacial score (nSPS) is 22.0. The molecule has 1 saturated heterocycles. The molecule has 0 N–H and O–H groups in total. The van der Waals surface area contributed by atoms with Crippen LogP contribution in [0, 0.1) is 5.41 Å². The van der Waals surface area contributed by atoms with Crippen molar-refractivity contribution in [3.63, 3.8) is 0 Å². The van der Waals surface area contributed by atoms with Crippen LogP contribution in [0.4, 0.5) is 5.69 Å². The van der Waals surface area contributed by atoms with Gasteiger partial charge in [0.2, 0.25) is 5.91 Å². The zero-order valence-corrected chi connectivity index (χ0v) is 17.3. The summed E-state index contributed by atoms with van der Waals surface area (Å²) in [5, 5.41) is 8.59. The SMILES string of the molecule is CCCn1cnnc1C1CN(C(=O)CN2C(=O)COc3ccccc32)CC12CCC2. The van der Waals surface area contributed by atoms with Crippen molar-refractivity contribution in [2.45, 2.75) is 45.1 Å². The molecule has 158 valence electrons. The Hall–Kier alpha value is -2.90. The monoisotopic (exact) mass is 409 g/mol. The van der Waals surface area contributed by atoms with Crippen LogP contribution in [0.5, 0.6) is 5.75 Å². The molecule has 1 unspecified atom stereocenters. The van der Waals surface area contributed by atoms with Gasteiger partial charge in [-0.25, -0.2) is 0 Å². The largest absolute Gasteiger partial charge is 0.482 e. The summed E-state index contributed by atoms with van der Waals surface area (Å²) in [6.07, 6.45) is 6.24. The average Bonchev–Trinajstić information content (AvgIpc) is 3.34. The molecule has 0 radical (unpaired) electrons. The summed E-state index contributed by atoms with van der Waals surface area (Å²) in [6.45, 7) is 4.42. The number of aryl methyl sites for hydroxylation is 1. The first-order chi connectivity index (χ1) is 14.6. The highest BCUT2D eigenvalue weighted by molar-refractivity contribution is 6.02. The number of benzene rings is 1. The van der Waals surface area contributed by atoms with Crippen LogP contribution in [-0.4, -0.2) is 57.7 Å². The molecule has 1 saturated carbocycles. The molecular formula is C22H27N5O3. The number of carbonyl (C=O) groups excluding carboxylic acids is 2. The average molecular weight is 409 g/mol. The predicted molar refractivity (Wildman–Crippen MR) is 110 cm³/mol. The van der Waals surface area contributed by atoms with Gasteiger partial charge in [-0.05, 0) is 36.8 Å². The number of fused-ring (bicyclic) bond motifs is 1. The summed E-state index contributed by atoms with van der Waals surface area (Å²) in [4.78, 5) is 29.2. The van der Waals surface area contributed by atoms with Crippen LogP contribution in [0.1, 0.15) is 44.3 Å². The van der Waals surface area contributed by atoms with Crippen LogP contribution < -0.4 is 9.64 Å². The predicted octanol–water partition coefficient (Wildman–Crippen LogP) is 2.21. The third kappa shape index (κ3) is 3.05. The van der Waals surface area contributed by atoms with Crippen molar-refractivity contribution >= 4 is 17.5 Å². The number of amides is 2. The summed E-state index contributed by atoms with van der Waals surface area (Å²) in [6, 6.07) is 7.38. The van der Waals surface area contributed by atoms with Gasteiger partial charge in [-0.2, -0.15) is 0 Å². The van der Waals surface area contributed by atoms with Crippen molar-refractivity contribution in [2.24, 2.45) is 5.41 Å². The number of rotatable bonds is 5. The highest BCUT2D eigenvalue weighted by atomic mass is 16.5. The number of aromatic nitrogens is 3. The molecule has 1 aliphatic carbocycles. The van der Waals surface area contributed by atoms with Gasteiger partial charge in [0.15, 0.2) is 6.61 Å². The van der Waals surface area contributed by atoms with E-state index in [1.54, 1.807) is 11.2 Å². The second-order valence-corrected chi connectivity index (χ2v) is 8.66. The van der Waals surface area contributed by atoms with Crippen molar-refractivity contribution in [3.8, 4) is 5.75 Å². The lowest BCUT2D eigenvalue weighted by atomic mass is 9.62. The summed E-state index contributed by atoms with van der Waals surface area (Å²) < 4.78 is 7.64. The van der Waals surface area contributed by atoms with Crippen molar-refractivity contribution in [2.75, 3.05) is 31.1 Å². The number of likely N-dealkylation sites (tertiary alicyclic amines) is 1. The van der Waals surface area contributed by atoms with E-state index in [-0.39, 0.29) is 36.3 Å². The lowest BCUT2D eigenvalue weighted by Gasteiger charge is -2.42. The number of hydrogen-bond donors (Lipinski definition) is 0. The molecule has 2 aliphatic heterocycles. The quantitative estimate of drug-likeness (QED) is 0.756. The molecule has 30 heavy (non-hydrogen) atoms. The van der Waals surface area contributed by atoms with Gasteiger partial charge >= 0.3 is 0 Å². The topological polar surface area (TPSA) is 80.6 Å². The molecule has 3 heterocycles. The van der Waals surface area contributed by atoms with Gasteiger partial charge < -0.3 is 14.2 Å². The first kappa shape index (κ1) is 19.1. The molecule has 3 aliphatic rings. The Labute approximate surface area is 175 Å². The van der Waals surface area contributed by atoms with Crippen molar-refractivity contribution in [1.82, 2.24) is 19.7 Å². The minimum Gasteiger partial charge on any atom is -0.482 e. The Balaban J connectivity index is 1.36. The molecule has 2 fully saturated rings. The molecule has 1 aromatic carbocycles. The third-order valence-corrected chi connectivity index (χ3v) is 6.87. The van der Waals surface area contributed by atoms with Gasteiger partial charge in [-0.1, -0.05) is 25.5 Å². The van der Waals surface area contributed by atoms with Crippen LogP contribution in [0.25, 0.3) is 0 Å². The van der Waals surface area contributed by atoms with E-state index in [0.29, 0.717) is 18.0 Å². The second kappa shape index (κ2) is 7.41. The molecular weight excluding hydrogens is 382 g/mol. The van der Waals surface area contributed by atoms with Crippen LogP contribution in [0.2, 0.25) is 0 Å². The van der Waals surface area contributed by atoms with E-state index in [9.17, 15) is 9.59 Å². The van der Waals surface area contributed by atoms with Crippen molar-refractivity contribution in [1.29, 1.82) is 0 Å². The zero-order chi connectivity index (χ0) is 20.7. The Morgan fingerprint density at radius 3 is 2.90 bits per heavy atom. The van der Waals surface area contributed by atoms with Gasteiger partial charge in [0.05, 0.1) is 5.69 Å². The molecule has 1 spiro atoms. The van der Waals surface area contributed by atoms with E-state index in [2.05, 4.69) is 21.7 Å². The summed E-state index contributed by atoms with van der Waals surface area (Å²) >= 11 is 0. The number of nitrogens with zero attached hydrogens (tertiary/aromatic N) is 5. The number of carbonyl (C=O) groups is 2. The van der Waals surface area contributed by atoms with E-state index in [4.69, 9.17) is 4.74 Å². The van der Waals surface area contributed by atoms with E-state index < -0.39 is 0 Å². The Kier molecular flexibility index (Phi) is 4.72. The fraction of sp³-hybridized carbons (Fsp3) is 0.545. The first-order valence-electron chi connectivity index (χ1n) is 10.8. The lowest BCUT2D eigenvalue weighted by molar-refractivity contribution is -0.131. The molecule has 1 aromatic heterocycles. The van der Waals surface area contributed by atoms with Gasteiger partial charge in [-0.3, -0.25) is 14.5 Å². The lowest BCUT2D eigenvalue weighted by Crippen LogP contribution is -2.46. The number of hydrogen-bond acceptors (Lipinski definition) is 5. The van der Waals surface area contributed by atoms with Gasteiger partial charge in [-0.15, -0.1) is 10.2 Å². The van der Waals surface area contributed by atoms with E-state index in [1.807, 2.05) is 29.2 Å². The molecule has 5 rings (SSSR count). The van der Waals surface area contributed by atoms with E-state index in [1.165, 1.54) is 6.42 Å². The molecule has 0 bridgehead atoms. The maximum absolute atomic E-state index is 13.3. The highest BCUT2D eigenvalue weighted by Crippen LogP contribution is 2.55. The first-order valence-corrected chi connectivity index (χ1v) is 10.8. The molecule has 1 atom stereocenters. The van der Waals surface area contributed by atoms with Crippen LogP contribution >= 0.6 is 0 Å². The zero-order valence-electron chi connectivity index (χ0n) is 17.3. The van der Waals surface area contributed by atoms with E-state index in [0.717, 1.165) is 38.2 Å². The summed E-state index contributed by atoms with van der Waals surface area (Å²) in [7, 11) is 0. The Morgan fingerprint density at radius 2 is 2.13 bits per heavy atom. The molecule has 2 aromatic rings. The minimum absolute atomic E-state index is 0.0182. The van der Waals surface area contributed by atoms with Gasteiger partial charge in [0.25, 0.3) is 5.91 Å². The molecule has 8 heteroatoms. The van der Waals surface area contributed by atoms with E-state index >= 15 is 0 Å². The molecule has 8 nitrogen and oxygen atoms in total. The summed E-state index contributed by atoms with van der Waals surface area (Å²) in [5.41, 5.74) is 0.764. The third-order valence-electron chi connectivity index (χ3n) is 6.87. The number of para-hydroxylation sites is 2. The second-order valence-electron chi connectivity index (χ2n) is 8.66. The highest BCUT2D eigenvalue weighted by Gasteiger charge is 2.53. The fourth-order valence-electron chi connectivity index (χ4n) is 5.16. The van der Waals surface area contributed by atoms with Crippen LogP contribution in [-0.2, 0) is 16.1 Å². The maximum atomic E-state index is 13.3. The fourth-order valence-corrected chi connectivity index (χ4v) is 5.16. The Bertz CT molecular complexity index is 967. The number of anilines is 1. The Morgan fingerprint density at radius 1 is 1.30 bits per heavy atom. The minimum atomic E-state index is -0.182. The molecule has 2 amide bonds. The van der Waals surface area contributed by atoms with Gasteiger partial charge in [0.1, 0.15) is 24.4 Å². The van der Waals surface area contributed by atoms with Crippen molar-refractivity contribution in [3.05, 3.63) is 36.4 Å². The van der Waals surface area contributed by atoms with Crippen molar-refractivity contribution < 1.29 is 14.3 Å². The standard InChI is InChI=1S/C22H27N5O3/c1-2-10-25-15-23-24-21(25)16-11-26(14-22(16)8-5-9-22)19(28)12-27-17-6-3-4-7-18(17)30-13-20(27)29/h3-4,6-7,15-16H,2,5,8-14H2,1H3. The smallest absolute Gasteiger partial charge is 0.265 e. The summed E-state index contributed by atoms with van der Waals surface area (Å²) in [5.74, 6) is 1.65.